The summed E-state index contributed by atoms with van der Waals surface area (Å²) in [5.74, 6) is 11.1. The van der Waals surface area contributed by atoms with Crippen LogP contribution in [0.3, 0.4) is 0 Å². The van der Waals surface area contributed by atoms with E-state index in [1.807, 2.05) is 0 Å². The Labute approximate surface area is 501 Å². The first-order valence-electron chi connectivity index (χ1n) is 37.3. The number of hydrogen-bond acceptors (Lipinski definition) is 4. The summed E-state index contributed by atoms with van der Waals surface area (Å²) in [6.07, 6.45) is 80.7. The third-order valence-electron chi connectivity index (χ3n) is 21.2. The maximum Gasteiger partial charge on any atom is 0.0165 e. The van der Waals surface area contributed by atoms with Gasteiger partial charge in [0.2, 0.25) is 0 Å². The summed E-state index contributed by atoms with van der Waals surface area (Å²) in [5, 5.41) is 0. The molecule has 0 N–H and O–H groups in total. The van der Waals surface area contributed by atoms with E-state index < -0.39 is 0 Å². The molecule has 4 aliphatic rings. The van der Waals surface area contributed by atoms with Gasteiger partial charge in [0.15, 0.2) is 0 Å². The van der Waals surface area contributed by atoms with E-state index in [2.05, 4.69) is 59.1 Å². The van der Waals surface area contributed by atoms with Gasteiger partial charge in [0, 0.05) is 24.6 Å². The molecule has 0 amide bonds. The SMILES string of the molecule is CCCCCCCCCC(CCCCCCCC1CC1CCCCCCCC)CCC1CCN(CCSSCCN2CCC(CCC(CCCCCCCCC)CCCCCCCC3CC3CCCCCCCC)CC2)CC1. The van der Waals surface area contributed by atoms with Crippen molar-refractivity contribution in [3.05, 3.63) is 0 Å². The van der Waals surface area contributed by atoms with Gasteiger partial charge in [-0.2, -0.15) is 0 Å². The van der Waals surface area contributed by atoms with E-state index in [1.165, 1.54) is 359 Å². The van der Waals surface area contributed by atoms with Gasteiger partial charge in [0.05, 0.1) is 0 Å². The third-order valence-corrected chi connectivity index (χ3v) is 23.6. The van der Waals surface area contributed by atoms with Gasteiger partial charge in [0.25, 0.3) is 0 Å². The molecule has 4 heteroatoms. The van der Waals surface area contributed by atoms with Crippen molar-refractivity contribution in [1.29, 1.82) is 0 Å². The van der Waals surface area contributed by atoms with Gasteiger partial charge in [-0.25, -0.2) is 0 Å². The van der Waals surface area contributed by atoms with Crippen molar-refractivity contribution in [3.8, 4) is 0 Å². The Kier molecular flexibility index (Phi) is 46.4. The van der Waals surface area contributed by atoms with E-state index in [0.29, 0.717) is 0 Å². The zero-order valence-corrected chi connectivity index (χ0v) is 55.8. The van der Waals surface area contributed by atoms with Gasteiger partial charge in [0.1, 0.15) is 0 Å². The van der Waals surface area contributed by atoms with Crippen LogP contribution in [-0.4, -0.2) is 60.6 Å². The molecular formula is C74H144N2S2. The molecule has 4 fully saturated rings. The zero-order chi connectivity index (χ0) is 55.0. The van der Waals surface area contributed by atoms with Gasteiger partial charge in [-0.15, -0.1) is 0 Å². The van der Waals surface area contributed by atoms with Crippen LogP contribution >= 0.6 is 21.6 Å². The van der Waals surface area contributed by atoms with Crippen LogP contribution in [0.5, 0.6) is 0 Å². The van der Waals surface area contributed by atoms with E-state index in [9.17, 15) is 0 Å². The second-order valence-corrected chi connectivity index (χ2v) is 30.9. The molecule has 0 radical (unpaired) electrons. The lowest BCUT2D eigenvalue weighted by Crippen LogP contribution is -2.35. The summed E-state index contributed by atoms with van der Waals surface area (Å²) < 4.78 is 0. The van der Waals surface area contributed by atoms with E-state index in [4.69, 9.17) is 0 Å². The summed E-state index contributed by atoms with van der Waals surface area (Å²) in [4.78, 5) is 5.65. The van der Waals surface area contributed by atoms with E-state index >= 15 is 0 Å². The first kappa shape index (κ1) is 71.1. The molecule has 0 aromatic carbocycles. The maximum absolute atomic E-state index is 2.82. The molecule has 2 heterocycles. The minimum atomic E-state index is 1.00. The van der Waals surface area contributed by atoms with Crippen LogP contribution in [0, 0.1) is 47.3 Å². The molecule has 2 nitrogen and oxygen atoms in total. The number of nitrogens with zero attached hydrogens (tertiary/aromatic N) is 2. The second kappa shape index (κ2) is 50.9. The van der Waals surface area contributed by atoms with E-state index in [1.54, 1.807) is 38.5 Å². The normalized spacial score (nSPS) is 21.2. The summed E-state index contributed by atoms with van der Waals surface area (Å²) in [5.41, 5.74) is 0. The summed E-state index contributed by atoms with van der Waals surface area (Å²) >= 11 is 0. The molecule has 0 aromatic heterocycles. The maximum atomic E-state index is 2.82. The van der Waals surface area contributed by atoms with Crippen LogP contribution in [0.25, 0.3) is 0 Å². The molecule has 2 aliphatic carbocycles. The Hall–Kier alpha value is 0.620. The molecule has 78 heavy (non-hydrogen) atoms. The minimum Gasteiger partial charge on any atom is -0.302 e. The van der Waals surface area contributed by atoms with Gasteiger partial charge >= 0.3 is 0 Å². The van der Waals surface area contributed by atoms with Crippen LogP contribution in [0.15, 0.2) is 0 Å². The van der Waals surface area contributed by atoms with Crippen molar-refractivity contribution in [3.63, 3.8) is 0 Å². The average molecular weight is 1130 g/mol. The van der Waals surface area contributed by atoms with Gasteiger partial charge in [-0.3, -0.25) is 0 Å². The first-order valence-corrected chi connectivity index (χ1v) is 39.8. The Morgan fingerprint density at radius 3 is 0.795 bits per heavy atom. The highest BCUT2D eigenvalue weighted by atomic mass is 33.1. The monoisotopic (exact) mass is 1130 g/mol. The lowest BCUT2D eigenvalue weighted by molar-refractivity contribution is 0.179. The van der Waals surface area contributed by atoms with Crippen LogP contribution in [0.1, 0.15) is 374 Å². The van der Waals surface area contributed by atoms with Crippen LogP contribution in [0.4, 0.5) is 0 Å². The molecule has 462 valence electrons. The number of piperidine rings is 2. The molecule has 0 spiro atoms. The Morgan fingerprint density at radius 1 is 0.282 bits per heavy atom. The largest absolute Gasteiger partial charge is 0.302 e. The van der Waals surface area contributed by atoms with Crippen molar-refractivity contribution in [2.24, 2.45) is 47.3 Å². The standard InChI is InChI=1S/C74H144N2S2/c1-5-9-13-17-21-25-33-41-67(43-35-27-23-31-39-47-73-65-71(73)45-37-29-19-15-11-7-3)49-51-69-53-57-75(58-54-69)61-63-77-78-64-62-76-59-55-70(56-60-76)52-50-68(42-34-26-22-18-14-10-6-2)44-36-28-24-32-40-48-74-66-72(74)46-38-30-20-16-12-8-4/h67-74H,5-66H2,1-4H3. The third kappa shape index (κ3) is 39.3. The number of likely N-dealkylation sites (tertiary alicyclic amines) is 2. The first-order chi connectivity index (χ1) is 38.6. The molecule has 2 saturated carbocycles. The highest BCUT2D eigenvalue weighted by Crippen LogP contribution is 2.47. The van der Waals surface area contributed by atoms with Crippen LogP contribution in [0.2, 0.25) is 0 Å². The van der Waals surface area contributed by atoms with Crippen molar-refractivity contribution in [1.82, 2.24) is 9.80 Å². The summed E-state index contributed by atoms with van der Waals surface area (Å²) in [7, 11) is 4.36. The van der Waals surface area contributed by atoms with Gasteiger partial charge in [-0.05, 0) is 112 Å². The van der Waals surface area contributed by atoms with Gasteiger partial charge in [-0.1, -0.05) is 357 Å². The summed E-state index contributed by atoms with van der Waals surface area (Å²) in [6.45, 7) is 17.5. The molecular weight excluding hydrogens is 981 g/mol. The Bertz CT molecular complexity index is 1150. The van der Waals surface area contributed by atoms with Crippen LogP contribution in [-0.2, 0) is 0 Å². The fourth-order valence-corrected chi connectivity index (χ4v) is 17.2. The molecule has 6 unspecified atom stereocenters. The topological polar surface area (TPSA) is 6.48 Å². The number of rotatable bonds is 59. The lowest BCUT2D eigenvalue weighted by atomic mass is 9.84. The van der Waals surface area contributed by atoms with Crippen molar-refractivity contribution >= 4 is 21.6 Å². The van der Waals surface area contributed by atoms with Crippen LogP contribution < -0.4 is 0 Å². The molecule has 0 bridgehead atoms. The fraction of sp³-hybridized carbons (Fsp3) is 1.00. The molecule has 2 saturated heterocycles. The minimum absolute atomic E-state index is 1.00. The van der Waals surface area contributed by atoms with E-state index in [0.717, 1.165) is 47.3 Å². The number of unbranched alkanes of at least 4 members (excludes halogenated alkanes) is 30. The van der Waals surface area contributed by atoms with E-state index in [-0.39, 0.29) is 0 Å². The highest BCUT2D eigenvalue weighted by Gasteiger charge is 2.36. The predicted molar refractivity (Wildman–Crippen MR) is 358 cm³/mol. The zero-order valence-electron chi connectivity index (χ0n) is 54.2. The van der Waals surface area contributed by atoms with Crippen molar-refractivity contribution in [2.45, 2.75) is 374 Å². The molecule has 2 aliphatic heterocycles. The lowest BCUT2D eigenvalue weighted by Gasteiger charge is -2.33. The smallest absolute Gasteiger partial charge is 0.0165 e. The van der Waals surface area contributed by atoms with Crippen molar-refractivity contribution in [2.75, 3.05) is 50.8 Å². The highest BCUT2D eigenvalue weighted by molar-refractivity contribution is 8.76. The summed E-state index contributed by atoms with van der Waals surface area (Å²) in [6, 6.07) is 0. The fourth-order valence-electron chi connectivity index (χ4n) is 15.2. The Balaban J connectivity index is 0.975. The predicted octanol–water partition coefficient (Wildman–Crippen LogP) is 25.1. The number of hydrogen-bond donors (Lipinski definition) is 0. The van der Waals surface area contributed by atoms with Gasteiger partial charge < -0.3 is 9.80 Å². The molecule has 6 atom stereocenters. The van der Waals surface area contributed by atoms with Crippen molar-refractivity contribution < 1.29 is 0 Å². The Morgan fingerprint density at radius 2 is 0.526 bits per heavy atom. The molecule has 4 rings (SSSR count). The quantitative estimate of drug-likeness (QED) is 0.0442. The molecule has 0 aromatic rings. The average Bonchev–Trinajstić information content (AvgIpc) is 4.40. The second-order valence-electron chi connectivity index (χ2n) is 28.2.